The maximum Gasteiger partial charge on any atom is 0.220 e. The Hall–Kier alpha value is -1.71. The Kier molecular flexibility index (Phi) is 6.79. The lowest BCUT2D eigenvalue weighted by Gasteiger charge is -2.09. The zero-order valence-corrected chi connectivity index (χ0v) is 11.8. The Morgan fingerprint density at radius 2 is 2.11 bits per heavy atom. The molecule has 19 heavy (non-hydrogen) atoms. The second-order valence-corrected chi connectivity index (χ2v) is 5.02. The molecule has 0 radical (unpaired) electrons. The van der Waals surface area contributed by atoms with Gasteiger partial charge in [-0.2, -0.15) is 0 Å². The molecule has 1 rings (SSSR count). The fourth-order valence-electron chi connectivity index (χ4n) is 1.62. The van der Waals surface area contributed by atoms with Crippen LogP contribution in [-0.4, -0.2) is 19.1 Å². The van der Waals surface area contributed by atoms with Gasteiger partial charge in [-0.05, 0) is 30.9 Å². The van der Waals surface area contributed by atoms with Crippen molar-refractivity contribution in [2.24, 2.45) is 5.92 Å². The van der Waals surface area contributed by atoms with E-state index in [0.717, 1.165) is 13.0 Å². The summed E-state index contributed by atoms with van der Waals surface area (Å²) in [7, 11) is 0. The van der Waals surface area contributed by atoms with E-state index in [4.69, 9.17) is 10.5 Å². The minimum absolute atomic E-state index is 0.0882. The lowest BCUT2D eigenvalue weighted by Crippen LogP contribution is -2.25. The first-order valence-electron chi connectivity index (χ1n) is 6.83. The number of nitrogen functional groups attached to an aromatic ring is 1. The summed E-state index contributed by atoms with van der Waals surface area (Å²) >= 11 is 0. The van der Waals surface area contributed by atoms with E-state index < -0.39 is 0 Å². The van der Waals surface area contributed by atoms with Crippen molar-refractivity contribution in [1.82, 2.24) is 5.32 Å². The molecular weight excluding hydrogens is 240 g/mol. The molecule has 1 aromatic rings. The summed E-state index contributed by atoms with van der Waals surface area (Å²) < 4.78 is 5.52. The molecule has 0 spiro atoms. The van der Waals surface area contributed by atoms with Crippen LogP contribution in [0.5, 0.6) is 5.75 Å². The molecular formula is C15H24N2O2. The normalized spacial score (nSPS) is 10.5. The zero-order valence-electron chi connectivity index (χ0n) is 11.8. The number of carbonyl (C=O) groups is 1. The Morgan fingerprint density at radius 1 is 1.37 bits per heavy atom. The highest BCUT2D eigenvalue weighted by Gasteiger charge is 2.03. The number of carbonyl (C=O) groups excluding carboxylic acids is 1. The number of rotatable bonds is 8. The molecule has 1 amide bonds. The number of nitrogens with one attached hydrogen (secondary N) is 1. The smallest absolute Gasteiger partial charge is 0.220 e. The van der Waals surface area contributed by atoms with Gasteiger partial charge in [0.1, 0.15) is 5.75 Å². The van der Waals surface area contributed by atoms with Crippen LogP contribution in [0.3, 0.4) is 0 Å². The topological polar surface area (TPSA) is 64.3 Å². The SMILES string of the molecule is CC(C)CCNC(=O)CCCOc1ccccc1N. The molecule has 0 unspecified atom stereocenters. The van der Waals surface area contributed by atoms with Crippen molar-refractivity contribution in [3.63, 3.8) is 0 Å². The number of para-hydroxylation sites is 2. The van der Waals surface area contributed by atoms with Crippen LogP contribution in [0.4, 0.5) is 5.69 Å². The van der Waals surface area contributed by atoms with Crippen molar-refractivity contribution < 1.29 is 9.53 Å². The molecule has 0 fully saturated rings. The molecule has 0 aliphatic rings. The van der Waals surface area contributed by atoms with Crippen molar-refractivity contribution in [3.05, 3.63) is 24.3 Å². The molecule has 1 aromatic carbocycles. The maximum atomic E-state index is 11.5. The van der Waals surface area contributed by atoms with E-state index in [1.165, 1.54) is 0 Å². The summed E-state index contributed by atoms with van der Waals surface area (Å²) in [4.78, 5) is 11.5. The minimum Gasteiger partial charge on any atom is -0.491 e. The van der Waals surface area contributed by atoms with Crippen molar-refractivity contribution >= 4 is 11.6 Å². The predicted molar refractivity (Wildman–Crippen MR) is 78.0 cm³/mol. The molecule has 0 aliphatic carbocycles. The molecule has 106 valence electrons. The van der Waals surface area contributed by atoms with Gasteiger partial charge in [-0.15, -0.1) is 0 Å². The Morgan fingerprint density at radius 3 is 2.79 bits per heavy atom. The molecule has 0 aliphatic heterocycles. The van der Waals surface area contributed by atoms with E-state index >= 15 is 0 Å². The predicted octanol–water partition coefficient (Wildman–Crippen LogP) is 2.59. The second-order valence-electron chi connectivity index (χ2n) is 5.02. The number of ether oxygens (including phenoxy) is 1. The van der Waals surface area contributed by atoms with E-state index in [1.54, 1.807) is 6.07 Å². The molecule has 4 nitrogen and oxygen atoms in total. The highest BCUT2D eigenvalue weighted by atomic mass is 16.5. The molecule has 0 heterocycles. The van der Waals surface area contributed by atoms with E-state index in [2.05, 4.69) is 19.2 Å². The largest absolute Gasteiger partial charge is 0.491 e. The highest BCUT2D eigenvalue weighted by Crippen LogP contribution is 2.19. The lowest BCUT2D eigenvalue weighted by molar-refractivity contribution is -0.121. The minimum atomic E-state index is 0.0882. The van der Waals surface area contributed by atoms with Crippen LogP contribution in [0.1, 0.15) is 33.1 Å². The Labute approximate surface area is 115 Å². The quantitative estimate of drug-likeness (QED) is 0.560. The summed E-state index contributed by atoms with van der Waals surface area (Å²) in [6, 6.07) is 7.38. The summed E-state index contributed by atoms with van der Waals surface area (Å²) in [5.41, 5.74) is 6.38. The van der Waals surface area contributed by atoms with Gasteiger partial charge in [-0.25, -0.2) is 0 Å². The summed E-state index contributed by atoms with van der Waals surface area (Å²) in [5.74, 6) is 1.39. The van der Waals surface area contributed by atoms with Crippen LogP contribution in [0.25, 0.3) is 0 Å². The van der Waals surface area contributed by atoms with Crippen molar-refractivity contribution in [1.29, 1.82) is 0 Å². The monoisotopic (exact) mass is 264 g/mol. The Balaban J connectivity index is 2.10. The van der Waals surface area contributed by atoms with Crippen LogP contribution >= 0.6 is 0 Å². The van der Waals surface area contributed by atoms with E-state index in [1.807, 2.05) is 18.2 Å². The standard InChI is InChI=1S/C15H24N2O2/c1-12(2)9-10-17-15(18)8-5-11-19-14-7-4-3-6-13(14)16/h3-4,6-7,12H,5,8-11,16H2,1-2H3,(H,17,18). The third-order valence-corrected chi connectivity index (χ3v) is 2.77. The van der Waals surface area contributed by atoms with Crippen LogP contribution in [0.15, 0.2) is 24.3 Å². The van der Waals surface area contributed by atoms with Gasteiger partial charge in [0.05, 0.1) is 12.3 Å². The highest BCUT2D eigenvalue weighted by molar-refractivity contribution is 5.75. The first-order chi connectivity index (χ1) is 9.09. The zero-order chi connectivity index (χ0) is 14.1. The average Bonchev–Trinajstić information content (AvgIpc) is 2.36. The summed E-state index contributed by atoms with van der Waals surface area (Å²) in [6.45, 7) is 5.54. The number of hydrogen-bond acceptors (Lipinski definition) is 3. The first-order valence-corrected chi connectivity index (χ1v) is 6.83. The summed E-state index contributed by atoms with van der Waals surface area (Å²) in [6.07, 6.45) is 2.20. The fraction of sp³-hybridized carbons (Fsp3) is 0.533. The van der Waals surface area contributed by atoms with Crippen molar-refractivity contribution in [2.45, 2.75) is 33.1 Å². The molecule has 0 saturated heterocycles. The van der Waals surface area contributed by atoms with Gasteiger partial charge in [0.25, 0.3) is 0 Å². The van der Waals surface area contributed by atoms with Gasteiger partial charge >= 0.3 is 0 Å². The van der Waals surface area contributed by atoms with E-state index in [9.17, 15) is 4.79 Å². The lowest BCUT2D eigenvalue weighted by atomic mass is 10.1. The van der Waals surface area contributed by atoms with Gasteiger partial charge < -0.3 is 15.8 Å². The number of benzene rings is 1. The molecule has 4 heteroatoms. The molecule has 3 N–H and O–H groups in total. The number of amides is 1. The van der Waals surface area contributed by atoms with Crippen LogP contribution < -0.4 is 15.8 Å². The maximum absolute atomic E-state index is 11.5. The Bertz CT molecular complexity index is 391. The number of nitrogens with two attached hydrogens (primary N) is 1. The van der Waals surface area contributed by atoms with Gasteiger partial charge in [0.2, 0.25) is 5.91 Å². The molecule has 0 saturated carbocycles. The second kappa shape index (κ2) is 8.40. The third-order valence-electron chi connectivity index (χ3n) is 2.77. The number of anilines is 1. The van der Waals surface area contributed by atoms with Crippen LogP contribution in [-0.2, 0) is 4.79 Å². The van der Waals surface area contributed by atoms with Gasteiger partial charge in [0, 0.05) is 13.0 Å². The average molecular weight is 264 g/mol. The van der Waals surface area contributed by atoms with Gasteiger partial charge in [-0.3, -0.25) is 4.79 Å². The number of hydrogen-bond donors (Lipinski definition) is 2. The van der Waals surface area contributed by atoms with Crippen molar-refractivity contribution in [2.75, 3.05) is 18.9 Å². The van der Waals surface area contributed by atoms with E-state index in [0.29, 0.717) is 36.8 Å². The summed E-state index contributed by atoms with van der Waals surface area (Å²) in [5, 5.41) is 2.90. The van der Waals surface area contributed by atoms with Crippen LogP contribution in [0.2, 0.25) is 0 Å². The molecule has 0 bridgehead atoms. The fourth-order valence-corrected chi connectivity index (χ4v) is 1.62. The third kappa shape index (κ3) is 6.70. The van der Waals surface area contributed by atoms with Gasteiger partial charge in [0.15, 0.2) is 0 Å². The van der Waals surface area contributed by atoms with Crippen LogP contribution in [0, 0.1) is 5.92 Å². The molecule has 0 aromatic heterocycles. The van der Waals surface area contributed by atoms with E-state index in [-0.39, 0.29) is 5.91 Å². The molecule has 0 atom stereocenters. The first kappa shape index (κ1) is 15.3. The van der Waals surface area contributed by atoms with Gasteiger partial charge in [-0.1, -0.05) is 26.0 Å². The van der Waals surface area contributed by atoms with Crippen molar-refractivity contribution in [3.8, 4) is 5.75 Å².